The number of aromatic nitrogens is 2. The Balaban J connectivity index is 1.87. The molecule has 2 aromatic rings. The number of carbonyl (C=O) groups is 2. The molecule has 0 unspecified atom stereocenters. The van der Waals surface area contributed by atoms with Crippen LogP contribution in [0.25, 0.3) is 5.69 Å². The normalized spacial score (nSPS) is 16.8. The summed E-state index contributed by atoms with van der Waals surface area (Å²) < 4.78 is 7.05. The maximum absolute atomic E-state index is 13.3. The quantitative estimate of drug-likeness (QED) is 0.716. The highest BCUT2D eigenvalue weighted by Crippen LogP contribution is 2.24. The first kappa shape index (κ1) is 20.1. The van der Waals surface area contributed by atoms with Crippen molar-refractivity contribution >= 4 is 11.9 Å². The molecule has 6 heteroatoms. The van der Waals surface area contributed by atoms with Gasteiger partial charge in [0.05, 0.1) is 35.7 Å². The number of rotatable bonds is 6. The lowest BCUT2D eigenvalue weighted by Crippen LogP contribution is -2.43. The molecule has 1 aromatic heterocycles. The summed E-state index contributed by atoms with van der Waals surface area (Å²) in [6.45, 7) is 7.40. The first-order chi connectivity index (χ1) is 13.6. The maximum atomic E-state index is 13.3. The molecule has 0 saturated carbocycles. The van der Waals surface area contributed by atoms with Gasteiger partial charge in [-0.25, -0.2) is 4.68 Å². The van der Waals surface area contributed by atoms with Gasteiger partial charge in [-0.2, -0.15) is 5.10 Å². The lowest BCUT2D eigenvalue weighted by molar-refractivity contribution is -0.149. The van der Waals surface area contributed by atoms with E-state index in [0.29, 0.717) is 25.3 Å². The van der Waals surface area contributed by atoms with Crippen LogP contribution in [0, 0.1) is 12.8 Å². The van der Waals surface area contributed by atoms with E-state index >= 15 is 0 Å². The number of piperidine rings is 1. The predicted molar refractivity (Wildman–Crippen MR) is 108 cm³/mol. The van der Waals surface area contributed by atoms with Gasteiger partial charge in [0.2, 0.25) is 0 Å². The van der Waals surface area contributed by atoms with Gasteiger partial charge in [-0.1, -0.05) is 31.5 Å². The van der Waals surface area contributed by atoms with Gasteiger partial charge in [0, 0.05) is 13.1 Å². The molecule has 3 rings (SSSR count). The Morgan fingerprint density at radius 1 is 1.25 bits per heavy atom. The number of hydrogen-bond donors (Lipinski definition) is 0. The van der Waals surface area contributed by atoms with E-state index in [1.54, 1.807) is 18.0 Å². The van der Waals surface area contributed by atoms with Crippen molar-refractivity contribution in [3.8, 4) is 5.69 Å². The van der Waals surface area contributed by atoms with Crippen molar-refractivity contribution in [3.05, 3.63) is 47.3 Å². The number of benzene rings is 1. The van der Waals surface area contributed by atoms with E-state index in [-0.39, 0.29) is 17.8 Å². The number of amides is 1. The second kappa shape index (κ2) is 9.04. The zero-order valence-electron chi connectivity index (χ0n) is 17.0. The Hall–Kier alpha value is -2.63. The third-order valence-corrected chi connectivity index (χ3v) is 5.26. The van der Waals surface area contributed by atoms with Crippen LogP contribution >= 0.6 is 0 Å². The van der Waals surface area contributed by atoms with E-state index < -0.39 is 0 Å². The number of para-hydroxylation sites is 1. The van der Waals surface area contributed by atoms with Gasteiger partial charge in [0.25, 0.3) is 5.91 Å². The molecule has 1 aliphatic heterocycles. The molecule has 0 spiro atoms. The Kier molecular flexibility index (Phi) is 6.49. The van der Waals surface area contributed by atoms with Crippen molar-refractivity contribution in [2.45, 2.75) is 46.5 Å². The summed E-state index contributed by atoms with van der Waals surface area (Å²) >= 11 is 0. The van der Waals surface area contributed by atoms with Crippen LogP contribution in [0.4, 0.5) is 0 Å². The molecular weight excluding hydrogens is 354 g/mol. The Morgan fingerprint density at radius 3 is 2.75 bits per heavy atom. The maximum Gasteiger partial charge on any atom is 0.310 e. The third-order valence-electron chi connectivity index (χ3n) is 5.26. The largest absolute Gasteiger partial charge is 0.466 e. The monoisotopic (exact) mass is 383 g/mol. The van der Waals surface area contributed by atoms with Crippen molar-refractivity contribution in [2.75, 3.05) is 19.7 Å². The highest BCUT2D eigenvalue weighted by molar-refractivity contribution is 5.95. The van der Waals surface area contributed by atoms with Gasteiger partial charge in [-0.3, -0.25) is 9.59 Å². The van der Waals surface area contributed by atoms with E-state index in [4.69, 9.17) is 4.74 Å². The second-order valence-corrected chi connectivity index (χ2v) is 7.30. The zero-order chi connectivity index (χ0) is 20.1. The average Bonchev–Trinajstić information content (AvgIpc) is 3.12. The van der Waals surface area contributed by atoms with Crippen LogP contribution in [0.2, 0.25) is 0 Å². The highest BCUT2D eigenvalue weighted by Gasteiger charge is 2.31. The minimum Gasteiger partial charge on any atom is -0.466 e. The van der Waals surface area contributed by atoms with Gasteiger partial charge in [-0.05, 0) is 44.7 Å². The molecular formula is C22H29N3O3. The summed E-state index contributed by atoms with van der Waals surface area (Å²) in [6.07, 6.45) is 4.94. The number of ether oxygens (including phenoxy) is 1. The fraction of sp³-hybridized carbons (Fsp3) is 0.500. The van der Waals surface area contributed by atoms with E-state index in [9.17, 15) is 9.59 Å². The lowest BCUT2D eigenvalue weighted by atomic mass is 9.97. The van der Waals surface area contributed by atoms with Crippen molar-refractivity contribution < 1.29 is 14.3 Å². The molecule has 1 amide bonds. The first-order valence-electron chi connectivity index (χ1n) is 10.2. The van der Waals surface area contributed by atoms with Gasteiger partial charge in [0.1, 0.15) is 0 Å². The van der Waals surface area contributed by atoms with Gasteiger partial charge >= 0.3 is 5.97 Å². The van der Waals surface area contributed by atoms with E-state index in [0.717, 1.165) is 42.6 Å². The van der Waals surface area contributed by atoms with E-state index in [1.807, 2.05) is 35.9 Å². The topological polar surface area (TPSA) is 64.4 Å². The Labute approximate surface area is 166 Å². The SMILES string of the molecule is CCCc1c(C(=O)N2CCC[C@@H](C(=O)OCC)C2)cnn1-c1ccccc1C. The minimum absolute atomic E-state index is 0.0442. The van der Waals surface area contributed by atoms with Crippen LogP contribution in [0.3, 0.4) is 0 Å². The Bertz CT molecular complexity index is 843. The number of esters is 1. The fourth-order valence-electron chi connectivity index (χ4n) is 3.82. The van der Waals surface area contributed by atoms with Crippen LogP contribution in [0.1, 0.15) is 54.7 Å². The van der Waals surface area contributed by atoms with Gasteiger partial charge < -0.3 is 9.64 Å². The van der Waals surface area contributed by atoms with Crippen molar-refractivity contribution in [1.29, 1.82) is 0 Å². The molecule has 1 aliphatic rings. The molecule has 2 heterocycles. The molecule has 1 aromatic carbocycles. The Morgan fingerprint density at radius 2 is 2.04 bits per heavy atom. The summed E-state index contributed by atoms with van der Waals surface area (Å²) in [7, 11) is 0. The second-order valence-electron chi connectivity index (χ2n) is 7.30. The number of likely N-dealkylation sites (tertiary alicyclic amines) is 1. The predicted octanol–water partition coefficient (Wildman–Crippen LogP) is 3.55. The van der Waals surface area contributed by atoms with E-state index in [1.165, 1.54) is 0 Å². The minimum atomic E-state index is -0.237. The molecule has 1 saturated heterocycles. The average molecular weight is 383 g/mol. The van der Waals surface area contributed by atoms with Crippen molar-refractivity contribution in [3.63, 3.8) is 0 Å². The zero-order valence-corrected chi connectivity index (χ0v) is 17.0. The van der Waals surface area contributed by atoms with Crippen molar-refractivity contribution in [1.82, 2.24) is 14.7 Å². The molecule has 1 fully saturated rings. The molecule has 150 valence electrons. The standard InChI is InChI=1S/C22H29N3O3/c1-4-9-20-18(14-23-25(20)19-12-7-6-10-16(19)3)21(26)24-13-8-11-17(15-24)22(27)28-5-2/h6-7,10,12,14,17H,4-5,8-9,11,13,15H2,1-3H3/t17-/m1/s1. The molecule has 28 heavy (non-hydrogen) atoms. The first-order valence-corrected chi connectivity index (χ1v) is 10.2. The highest BCUT2D eigenvalue weighted by atomic mass is 16.5. The van der Waals surface area contributed by atoms with Crippen LogP contribution < -0.4 is 0 Å². The summed E-state index contributed by atoms with van der Waals surface area (Å²) in [5, 5.41) is 4.54. The van der Waals surface area contributed by atoms with Crippen molar-refractivity contribution in [2.24, 2.45) is 5.92 Å². The third kappa shape index (κ3) is 4.11. The molecule has 0 N–H and O–H groups in total. The summed E-state index contributed by atoms with van der Waals surface area (Å²) in [4.78, 5) is 27.2. The molecule has 0 radical (unpaired) electrons. The summed E-state index contributed by atoms with van der Waals surface area (Å²) in [6, 6.07) is 8.04. The molecule has 0 aliphatic carbocycles. The number of aryl methyl sites for hydroxylation is 1. The van der Waals surface area contributed by atoms with Crippen LogP contribution in [-0.4, -0.2) is 46.3 Å². The van der Waals surface area contributed by atoms with Gasteiger partial charge in [0.15, 0.2) is 0 Å². The molecule has 0 bridgehead atoms. The molecule has 6 nitrogen and oxygen atoms in total. The number of nitrogens with zero attached hydrogens (tertiary/aromatic N) is 3. The van der Waals surface area contributed by atoms with Crippen LogP contribution in [0.5, 0.6) is 0 Å². The molecule has 1 atom stereocenters. The fourth-order valence-corrected chi connectivity index (χ4v) is 3.82. The van der Waals surface area contributed by atoms with Crippen LogP contribution in [0.15, 0.2) is 30.5 Å². The number of hydrogen-bond acceptors (Lipinski definition) is 4. The summed E-state index contributed by atoms with van der Waals surface area (Å²) in [5.74, 6) is -0.486. The van der Waals surface area contributed by atoms with Gasteiger partial charge in [-0.15, -0.1) is 0 Å². The lowest BCUT2D eigenvalue weighted by Gasteiger charge is -2.31. The van der Waals surface area contributed by atoms with E-state index in [2.05, 4.69) is 12.0 Å². The smallest absolute Gasteiger partial charge is 0.310 e. The summed E-state index contributed by atoms with van der Waals surface area (Å²) in [5.41, 5.74) is 3.67. The number of carbonyl (C=O) groups excluding carboxylic acids is 2. The van der Waals surface area contributed by atoms with Crippen LogP contribution in [-0.2, 0) is 16.0 Å².